The highest BCUT2D eigenvalue weighted by atomic mass is 32.2. The van der Waals surface area contributed by atoms with E-state index in [-0.39, 0.29) is 17.2 Å². The molecule has 0 spiro atoms. The van der Waals surface area contributed by atoms with Crippen molar-refractivity contribution in [2.75, 3.05) is 18.8 Å². The van der Waals surface area contributed by atoms with E-state index in [1.807, 2.05) is 11.8 Å². The fourth-order valence-electron chi connectivity index (χ4n) is 2.09. The highest BCUT2D eigenvalue weighted by Crippen LogP contribution is 2.36. The van der Waals surface area contributed by atoms with Crippen molar-refractivity contribution in [3.05, 3.63) is 0 Å². The lowest BCUT2D eigenvalue weighted by Gasteiger charge is -2.22. The minimum absolute atomic E-state index is 0.119. The van der Waals surface area contributed by atoms with Gasteiger partial charge in [0.25, 0.3) is 0 Å². The molecular weight excluding hydrogens is 264 g/mol. The molecule has 1 rings (SSSR count). The van der Waals surface area contributed by atoms with Crippen LogP contribution in [0.2, 0.25) is 0 Å². The number of amides is 2. The minimum atomic E-state index is -0.756. The number of nitrogens with one attached hydrogen (secondary N) is 2. The summed E-state index contributed by atoms with van der Waals surface area (Å²) < 4.78 is 0.193. The van der Waals surface area contributed by atoms with Gasteiger partial charge in [-0.15, -0.1) is 0 Å². The Morgan fingerprint density at radius 2 is 2.05 bits per heavy atom. The van der Waals surface area contributed by atoms with Crippen LogP contribution in [-0.2, 0) is 4.79 Å². The fourth-order valence-corrected chi connectivity index (χ4v) is 3.33. The summed E-state index contributed by atoms with van der Waals surface area (Å²) in [6, 6.07) is -0.119. The number of hydrogen-bond acceptors (Lipinski definition) is 3. The van der Waals surface area contributed by atoms with Gasteiger partial charge in [-0.3, -0.25) is 4.79 Å². The summed E-state index contributed by atoms with van der Waals surface area (Å²) in [5.41, 5.74) is 0. The molecule has 1 atom stereocenters. The molecule has 1 unspecified atom stereocenters. The first-order valence-electron chi connectivity index (χ1n) is 6.89. The molecule has 1 aliphatic heterocycles. The molecule has 0 aromatic heterocycles. The molecule has 0 bridgehead atoms. The highest BCUT2D eigenvalue weighted by molar-refractivity contribution is 8.00. The largest absolute Gasteiger partial charge is 0.481 e. The molecule has 6 heteroatoms. The van der Waals surface area contributed by atoms with E-state index >= 15 is 0 Å². The average Bonchev–Trinajstić information content (AvgIpc) is 2.78. The smallest absolute Gasteiger partial charge is 0.314 e. The molecule has 1 aliphatic rings. The summed E-state index contributed by atoms with van der Waals surface area (Å²) >= 11 is 1.93. The second kappa shape index (κ2) is 8.30. The summed E-state index contributed by atoms with van der Waals surface area (Å²) in [4.78, 5) is 21.9. The quantitative estimate of drug-likeness (QED) is 0.598. The van der Waals surface area contributed by atoms with Crippen LogP contribution in [-0.4, -0.2) is 40.7 Å². The first kappa shape index (κ1) is 16.1. The van der Waals surface area contributed by atoms with Crippen molar-refractivity contribution in [3.63, 3.8) is 0 Å². The fraction of sp³-hybridized carbons (Fsp3) is 0.846. The summed E-state index contributed by atoms with van der Waals surface area (Å²) in [5, 5.41) is 14.2. The van der Waals surface area contributed by atoms with Crippen molar-refractivity contribution in [1.82, 2.24) is 10.6 Å². The number of carboxylic acid groups (broad SMARTS) is 1. The zero-order valence-electron chi connectivity index (χ0n) is 11.5. The molecule has 5 nitrogen and oxygen atoms in total. The highest BCUT2D eigenvalue weighted by Gasteiger charge is 2.29. The predicted molar refractivity (Wildman–Crippen MR) is 77.6 cm³/mol. The lowest BCUT2D eigenvalue weighted by Crippen LogP contribution is -2.42. The van der Waals surface area contributed by atoms with Crippen molar-refractivity contribution >= 4 is 23.8 Å². The van der Waals surface area contributed by atoms with Crippen molar-refractivity contribution in [2.45, 2.75) is 50.2 Å². The van der Waals surface area contributed by atoms with Crippen LogP contribution in [0.15, 0.2) is 0 Å². The maximum Gasteiger partial charge on any atom is 0.314 e. The Morgan fingerprint density at radius 1 is 1.26 bits per heavy atom. The number of carbonyl (C=O) groups is 2. The number of urea groups is 1. The molecule has 110 valence electrons. The van der Waals surface area contributed by atoms with Gasteiger partial charge in [-0.1, -0.05) is 6.42 Å². The molecule has 1 fully saturated rings. The van der Waals surface area contributed by atoms with Crippen LogP contribution in [0, 0.1) is 0 Å². The van der Waals surface area contributed by atoms with Gasteiger partial charge in [-0.2, -0.15) is 11.8 Å². The monoisotopic (exact) mass is 288 g/mol. The first-order valence-corrected chi connectivity index (χ1v) is 7.88. The topological polar surface area (TPSA) is 78.4 Å². The third-order valence-electron chi connectivity index (χ3n) is 3.28. The molecule has 1 saturated heterocycles. The van der Waals surface area contributed by atoms with E-state index in [4.69, 9.17) is 5.11 Å². The van der Waals surface area contributed by atoms with Crippen LogP contribution < -0.4 is 10.6 Å². The first-order chi connectivity index (χ1) is 9.02. The summed E-state index contributed by atoms with van der Waals surface area (Å²) in [6.07, 6.45) is 4.93. The zero-order chi connectivity index (χ0) is 14.1. The lowest BCUT2D eigenvalue weighted by molar-refractivity contribution is -0.137. The van der Waals surface area contributed by atoms with Gasteiger partial charge < -0.3 is 15.7 Å². The van der Waals surface area contributed by atoms with E-state index in [1.54, 1.807) is 0 Å². The van der Waals surface area contributed by atoms with Gasteiger partial charge in [0.1, 0.15) is 0 Å². The molecule has 0 aliphatic carbocycles. The predicted octanol–water partition coefficient (Wildman–Crippen LogP) is 2.22. The molecule has 19 heavy (non-hydrogen) atoms. The molecule has 3 N–H and O–H groups in total. The molecule has 0 radical (unpaired) electrons. The SMILES string of the molecule is CC1(CNC(=O)NCCCCCC(=O)O)CCCS1. The van der Waals surface area contributed by atoms with Crippen LogP contribution in [0.3, 0.4) is 0 Å². The second-order valence-electron chi connectivity index (χ2n) is 5.22. The van der Waals surface area contributed by atoms with Gasteiger partial charge in [0.05, 0.1) is 0 Å². The Morgan fingerprint density at radius 3 is 2.68 bits per heavy atom. The Hall–Kier alpha value is -0.910. The number of aliphatic carboxylic acids is 1. The maximum absolute atomic E-state index is 11.6. The minimum Gasteiger partial charge on any atom is -0.481 e. The summed E-state index contributed by atoms with van der Waals surface area (Å²) in [7, 11) is 0. The van der Waals surface area contributed by atoms with E-state index in [0.717, 1.165) is 19.3 Å². The molecule has 0 aromatic rings. The summed E-state index contributed by atoms with van der Waals surface area (Å²) in [5.74, 6) is 0.427. The second-order valence-corrected chi connectivity index (χ2v) is 6.90. The van der Waals surface area contributed by atoms with Gasteiger partial charge in [0, 0.05) is 24.3 Å². The number of carboxylic acids is 1. The Balaban J connectivity index is 1.97. The van der Waals surface area contributed by atoms with E-state index < -0.39 is 5.97 Å². The summed E-state index contributed by atoms with van der Waals surface area (Å²) in [6.45, 7) is 3.51. The number of carbonyl (C=O) groups excluding carboxylic acids is 1. The normalized spacial score (nSPS) is 22.2. The molecule has 0 aromatic carbocycles. The number of unbranched alkanes of at least 4 members (excludes halogenated alkanes) is 2. The maximum atomic E-state index is 11.6. The van der Waals surface area contributed by atoms with Gasteiger partial charge in [0.2, 0.25) is 0 Å². The van der Waals surface area contributed by atoms with E-state index in [0.29, 0.717) is 19.5 Å². The molecule has 0 saturated carbocycles. The van der Waals surface area contributed by atoms with Gasteiger partial charge >= 0.3 is 12.0 Å². The van der Waals surface area contributed by atoms with Crippen molar-refractivity contribution in [3.8, 4) is 0 Å². The Kier molecular flexibility index (Phi) is 7.05. The zero-order valence-corrected chi connectivity index (χ0v) is 12.4. The third kappa shape index (κ3) is 7.30. The number of thioether (sulfide) groups is 1. The van der Waals surface area contributed by atoms with Crippen LogP contribution in [0.5, 0.6) is 0 Å². The average molecular weight is 288 g/mol. The Labute approximate surface area is 118 Å². The molecule has 1 heterocycles. The molecular formula is C13H24N2O3S. The van der Waals surface area contributed by atoms with Crippen LogP contribution in [0.1, 0.15) is 45.4 Å². The van der Waals surface area contributed by atoms with E-state index in [9.17, 15) is 9.59 Å². The van der Waals surface area contributed by atoms with Crippen molar-refractivity contribution < 1.29 is 14.7 Å². The van der Waals surface area contributed by atoms with Gasteiger partial charge in [-0.25, -0.2) is 4.79 Å². The van der Waals surface area contributed by atoms with E-state index in [2.05, 4.69) is 17.6 Å². The van der Waals surface area contributed by atoms with E-state index in [1.165, 1.54) is 12.2 Å². The number of rotatable bonds is 8. The lowest BCUT2D eigenvalue weighted by atomic mass is 10.1. The number of hydrogen-bond donors (Lipinski definition) is 3. The third-order valence-corrected chi connectivity index (χ3v) is 4.81. The standard InChI is InChI=1S/C13H24N2O3S/c1-13(7-5-9-19-13)10-15-12(18)14-8-4-2-3-6-11(16)17/h2-10H2,1H3,(H,16,17)(H2,14,15,18). The van der Waals surface area contributed by atoms with Gasteiger partial charge in [0.15, 0.2) is 0 Å². The van der Waals surface area contributed by atoms with Gasteiger partial charge in [-0.05, 0) is 38.4 Å². The van der Waals surface area contributed by atoms with Crippen molar-refractivity contribution in [1.29, 1.82) is 0 Å². The van der Waals surface area contributed by atoms with Crippen LogP contribution in [0.4, 0.5) is 4.79 Å². The molecule has 2 amide bonds. The van der Waals surface area contributed by atoms with Crippen LogP contribution >= 0.6 is 11.8 Å². The Bertz CT molecular complexity index is 304. The van der Waals surface area contributed by atoms with Crippen LogP contribution in [0.25, 0.3) is 0 Å². The van der Waals surface area contributed by atoms with Crippen molar-refractivity contribution in [2.24, 2.45) is 0 Å².